The quantitative estimate of drug-likeness (QED) is 0.872. The third kappa shape index (κ3) is 2.94. The third-order valence-corrected chi connectivity index (χ3v) is 3.63. The fraction of sp³-hybridized carbons (Fsp3) is 0.462. The van der Waals surface area contributed by atoms with E-state index in [1.54, 1.807) is 12.1 Å². The topological polar surface area (TPSA) is 58.4 Å². The summed E-state index contributed by atoms with van der Waals surface area (Å²) in [4.78, 5) is 13.2. The van der Waals surface area contributed by atoms with Gasteiger partial charge in [-0.1, -0.05) is 11.6 Å². The molecule has 1 aliphatic heterocycles. The number of anilines is 1. The van der Waals surface area contributed by atoms with Gasteiger partial charge in [-0.15, -0.1) is 0 Å². The Bertz CT molecular complexity index is 444. The first kappa shape index (κ1) is 13.2. The number of hydrogen-bond acceptors (Lipinski definition) is 3. The number of halogens is 1. The zero-order valence-electron chi connectivity index (χ0n) is 10.4. The van der Waals surface area contributed by atoms with Crippen molar-refractivity contribution in [2.45, 2.75) is 18.9 Å². The molecule has 0 spiro atoms. The van der Waals surface area contributed by atoms with E-state index in [0.29, 0.717) is 16.6 Å². The smallest absolute Gasteiger partial charge is 0.250 e. The maximum absolute atomic E-state index is 11.1. The van der Waals surface area contributed by atoms with E-state index < -0.39 is 5.91 Å². The molecule has 1 unspecified atom stereocenters. The summed E-state index contributed by atoms with van der Waals surface area (Å²) in [6.45, 7) is 2.03. The van der Waals surface area contributed by atoms with Crippen molar-refractivity contribution in [3.8, 4) is 0 Å². The molecule has 4 nitrogen and oxygen atoms in total. The average molecular weight is 268 g/mol. The van der Waals surface area contributed by atoms with Crippen molar-refractivity contribution >= 4 is 23.2 Å². The highest BCUT2D eigenvalue weighted by molar-refractivity contribution is 6.34. The largest absolute Gasteiger partial charge is 0.373 e. The number of primary amides is 1. The van der Waals surface area contributed by atoms with Crippen LogP contribution in [-0.4, -0.2) is 32.1 Å². The molecule has 0 aliphatic carbocycles. The van der Waals surface area contributed by atoms with Crippen LogP contribution in [0.4, 0.5) is 5.69 Å². The number of amides is 1. The summed E-state index contributed by atoms with van der Waals surface area (Å²) in [5, 5.41) is 3.86. The summed E-state index contributed by atoms with van der Waals surface area (Å²) in [6, 6.07) is 5.88. The van der Waals surface area contributed by atoms with E-state index in [2.05, 4.69) is 10.2 Å². The molecule has 1 saturated heterocycles. The number of benzene rings is 1. The van der Waals surface area contributed by atoms with Crippen molar-refractivity contribution in [2.24, 2.45) is 5.73 Å². The van der Waals surface area contributed by atoms with Crippen LogP contribution in [0.2, 0.25) is 5.02 Å². The van der Waals surface area contributed by atoms with E-state index in [4.69, 9.17) is 17.3 Å². The zero-order chi connectivity index (χ0) is 13.1. The number of likely N-dealkylation sites (N-methyl/N-ethyl adjacent to an activating group) is 1. The van der Waals surface area contributed by atoms with Crippen molar-refractivity contribution in [3.63, 3.8) is 0 Å². The molecule has 1 atom stereocenters. The van der Waals surface area contributed by atoms with E-state index in [-0.39, 0.29) is 0 Å². The van der Waals surface area contributed by atoms with Crippen LogP contribution >= 0.6 is 11.6 Å². The standard InChI is InChI=1S/C13H18ClN3O/c1-17(8-9-3-2-6-16-9)10-4-5-11(13(15)18)12(14)7-10/h4-5,7,9,16H,2-3,6,8H2,1H3,(H2,15,18). The lowest BCUT2D eigenvalue weighted by Gasteiger charge is -2.23. The van der Waals surface area contributed by atoms with Gasteiger partial charge in [-0.25, -0.2) is 0 Å². The molecule has 1 heterocycles. The van der Waals surface area contributed by atoms with Crippen LogP contribution < -0.4 is 16.0 Å². The predicted molar refractivity (Wildman–Crippen MR) is 74.3 cm³/mol. The summed E-state index contributed by atoms with van der Waals surface area (Å²) >= 11 is 6.04. The lowest BCUT2D eigenvalue weighted by atomic mass is 10.1. The van der Waals surface area contributed by atoms with Gasteiger partial charge in [0, 0.05) is 25.3 Å². The Hall–Kier alpha value is -1.26. The maximum atomic E-state index is 11.1. The minimum absolute atomic E-state index is 0.368. The van der Waals surface area contributed by atoms with Crippen LogP contribution in [0, 0.1) is 0 Å². The van der Waals surface area contributed by atoms with Crippen LogP contribution in [0.1, 0.15) is 23.2 Å². The second-order valence-corrected chi connectivity index (χ2v) is 5.11. The lowest BCUT2D eigenvalue weighted by Crippen LogP contribution is -2.35. The SMILES string of the molecule is CN(CC1CCCN1)c1ccc(C(N)=O)c(Cl)c1. The highest BCUT2D eigenvalue weighted by atomic mass is 35.5. The molecule has 1 aromatic rings. The predicted octanol–water partition coefficient (Wildman–Crippen LogP) is 1.63. The Morgan fingerprint density at radius 3 is 2.94 bits per heavy atom. The molecule has 2 rings (SSSR count). The number of rotatable bonds is 4. The first-order valence-electron chi connectivity index (χ1n) is 6.12. The highest BCUT2D eigenvalue weighted by Crippen LogP contribution is 2.23. The molecule has 5 heteroatoms. The van der Waals surface area contributed by atoms with Crippen LogP contribution in [0.5, 0.6) is 0 Å². The van der Waals surface area contributed by atoms with Gasteiger partial charge < -0.3 is 16.0 Å². The van der Waals surface area contributed by atoms with Crippen molar-refractivity contribution in [3.05, 3.63) is 28.8 Å². The van der Waals surface area contributed by atoms with Gasteiger partial charge in [0.1, 0.15) is 0 Å². The second-order valence-electron chi connectivity index (χ2n) is 4.70. The first-order valence-corrected chi connectivity index (χ1v) is 6.49. The van der Waals surface area contributed by atoms with Crippen molar-refractivity contribution in [1.29, 1.82) is 0 Å². The van der Waals surface area contributed by atoms with Crippen molar-refractivity contribution in [2.75, 3.05) is 25.0 Å². The Kier molecular flexibility index (Phi) is 4.09. The van der Waals surface area contributed by atoms with E-state index in [0.717, 1.165) is 18.8 Å². The molecule has 98 valence electrons. The molecule has 1 amide bonds. The molecule has 0 bridgehead atoms. The summed E-state index contributed by atoms with van der Waals surface area (Å²) in [5.74, 6) is -0.494. The Morgan fingerprint density at radius 2 is 2.39 bits per heavy atom. The summed E-state index contributed by atoms with van der Waals surface area (Å²) in [5.41, 5.74) is 6.59. The number of carbonyl (C=O) groups excluding carboxylic acids is 1. The van der Waals surface area contributed by atoms with Gasteiger partial charge in [0.25, 0.3) is 0 Å². The molecule has 1 aromatic carbocycles. The van der Waals surface area contributed by atoms with Crippen LogP contribution in [0.15, 0.2) is 18.2 Å². The molecule has 0 saturated carbocycles. The Balaban J connectivity index is 2.08. The monoisotopic (exact) mass is 267 g/mol. The van der Waals surface area contributed by atoms with Gasteiger partial charge in [0.2, 0.25) is 5.91 Å². The van der Waals surface area contributed by atoms with E-state index in [9.17, 15) is 4.79 Å². The van der Waals surface area contributed by atoms with Gasteiger partial charge in [-0.3, -0.25) is 4.79 Å². The molecular weight excluding hydrogens is 250 g/mol. The highest BCUT2D eigenvalue weighted by Gasteiger charge is 2.17. The van der Waals surface area contributed by atoms with E-state index in [1.807, 2.05) is 13.1 Å². The molecule has 1 fully saturated rings. The van der Waals surface area contributed by atoms with Gasteiger partial charge >= 0.3 is 0 Å². The molecular formula is C13H18ClN3O. The fourth-order valence-corrected chi connectivity index (χ4v) is 2.56. The van der Waals surface area contributed by atoms with E-state index in [1.165, 1.54) is 12.8 Å². The molecule has 1 aliphatic rings. The molecule has 18 heavy (non-hydrogen) atoms. The van der Waals surface area contributed by atoms with Crippen LogP contribution in [0.3, 0.4) is 0 Å². The second kappa shape index (κ2) is 5.59. The summed E-state index contributed by atoms with van der Waals surface area (Å²) in [7, 11) is 2.02. The minimum Gasteiger partial charge on any atom is -0.373 e. The summed E-state index contributed by atoms with van der Waals surface area (Å²) in [6.07, 6.45) is 2.44. The van der Waals surface area contributed by atoms with Gasteiger partial charge in [0.05, 0.1) is 10.6 Å². The number of carbonyl (C=O) groups is 1. The lowest BCUT2D eigenvalue weighted by molar-refractivity contribution is 0.100. The minimum atomic E-state index is -0.494. The van der Waals surface area contributed by atoms with Gasteiger partial charge in [0.15, 0.2) is 0 Å². The van der Waals surface area contributed by atoms with Gasteiger partial charge in [-0.2, -0.15) is 0 Å². The number of nitrogens with one attached hydrogen (secondary N) is 1. The average Bonchev–Trinajstić information content (AvgIpc) is 2.81. The normalized spacial score (nSPS) is 18.9. The third-order valence-electron chi connectivity index (χ3n) is 3.32. The zero-order valence-corrected chi connectivity index (χ0v) is 11.2. The van der Waals surface area contributed by atoms with Crippen LogP contribution in [0.25, 0.3) is 0 Å². The van der Waals surface area contributed by atoms with Crippen LogP contribution in [-0.2, 0) is 0 Å². The molecule has 0 aromatic heterocycles. The number of nitrogens with two attached hydrogens (primary N) is 1. The van der Waals surface area contributed by atoms with E-state index >= 15 is 0 Å². The van der Waals surface area contributed by atoms with Crippen molar-refractivity contribution < 1.29 is 4.79 Å². The molecule has 3 N–H and O–H groups in total. The molecule has 0 radical (unpaired) electrons. The van der Waals surface area contributed by atoms with Gasteiger partial charge in [-0.05, 0) is 37.6 Å². The van der Waals surface area contributed by atoms with Crippen molar-refractivity contribution in [1.82, 2.24) is 5.32 Å². The summed E-state index contributed by atoms with van der Waals surface area (Å²) < 4.78 is 0. The first-order chi connectivity index (χ1) is 8.58. The number of nitrogens with zero attached hydrogens (tertiary/aromatic N) is 1. The fourth-order valence-electron chi connectivity index (χ4n) is 2.29. The number of hydrogen-bond donors (Lipinski definition) is 2. The Morgan fingerprint density at radius 1 is 1.61 bits per heavy atom. The maximum Gasteiger partial charge on any atom is 0.250 e. The Labute approximate surface area is 112 Å².